The molecular weight excluding hydrogens is 464 g/mol. The molecule has 0 bridgehead atoms. The third kappa shape index (κ3) is 5.31. The van der Waals surface area contributed by atoms with Gasteiger partial charge in [0, 0.05) is 70.3 Å². The van der Waals surface area contributed by atoms with E-state index < -0.39 is 0 Å². The third-order valence-electron chi connectivity index (χ3n) is 8.37. The Bertz CT molecular complexity index is 1200. The summed E-state index contributed by atoms with van der Waals surface area (Å²) < 4.78 is 8.03. The lowest BCUT2D eigenvalue weighted by atomic mass is 10.1. The van der Waals surface area contributed by atoms with E-state index in [0.717, 1.165) is 87.7 Å². The topological polar surface area (TPSA) is 56.6 Å². The van der Waals surface area contributed by atoms with Gasteiger partial charge in [0.05, 0.1) is 17.2 Å². The SMILES string of the molecule is CCN1CCN(CCOc2ccc(-c3cc4c(N5CCN(C=O)C(C6CC6)C5)ccnn4c3)cc2)CC1. The number of ether oxygens (including phenoxy) is 1. The van der Waals surface area contributed by atoms with E-state index in [1.165, 1.54) is 18.5 Å². The van der Waals surface area contributed by atoms with Gasteiger partial charge < -0.3 is 19.4 Å². The van der Waals surface area contributed by atoms with Crippen LogP contribution in [0.25, 0.3) is 16.6 Å². The highest BCUT2D eigenvalue weighted by atomic mass is 16.5. The second kappa shape index (κ2) is 10.7. The van der Waals surface area contributed by atoms with Crippen LogP contribution in [0, 0.1) is 5.92 Å². The van der Waals surface area contributed by atoms with E-state index >= 15 is 0 Å². The molecule has 1 saturated carbocycles. The summed E-state index contributed by atoms with van der Waals surface area (Å²) in [7, 11) is 0. The molecule has 3 aliphatic rings. The Morgan fingerprint density at radius 3 is 2.49 bits per heavy atom. The number of aromatic nitrogens is 2. The number of hydrogen-bond donors (Lipinski definition) is 0. The molecular formula is C29H38N6O2. The zero-order chi connectivity index (χ0) is 25.2. The van der Waals surface area contributed by atoms with Crippen molar-refractivity contribution in [2.75, 3.05) is 70.4 Å². The van der Waals surface area contributed by atoms with Gasteiger partial charge in [0.25, 0.3) is 0 Å². The summed E-state index contributed by atoms with van der Waals surface area (Å²) in [4.78, 5) is 21.0. The van der Waals surface area contributed by atoms with Gasteiger partial charge in [-0.05, 0) is 55.1 Å². The number of nitrogens with zero attached hydrogens (tertiary/aromatic N) is 6. The van der Waals surface area contributed by atoms with Gasteiger partial charge in [-0.25, -0.2) is 4.52 Å². The molecule has 37 heavy (non-hydrogen) atoms. The van der Waals surface area contributed by atoms with Gasteiger partial charge in [-0.3, -0.25) is 9.69 Å². The first kappa shape index (κ1) is 24.2. The number of likely N-dealkylation sites (N-methyl/N-ethyl adjacent to an activating group) is 1. The van der Waals surface area contributed by atoms with Crippen LogP contribution in [0.5, 0.6) is 5.75 Å². The zero-order valence-electron chi connectivity index (χ0n) is 21.8. The van der Waals surface area contributed by atoms with Crippen molar-refractivity contribution < 1.29 is 9.53 Å². The molecule has 1 unspecified atom stereocenters. The minimum atomic E-state index is 0.322. The summed E-state index contributed by atoms with van der Waals surface area (Å²) in [5.74, 6) is 1.57. The van der Waals surface area contributed by atoms with Crippen LogP contribution in [-0.4, -0.2) is 102 Å². The fourth-order valence-electron chi connectivity index (χ4n) is 5.87. The van der Waals surface area contributed by atoms with E-state index in [1.54, 1.807) is 0 Å². The maximum Gasteiger partial charge on any atom is 0.210 e. The Kier molecular flexibility index (Phi) is 7.02. The molecule has 0 N–H and O–H groups in total. The Balaban J connectivity index is 1.11. The van der Waals surface area contributed by atoms with Gasteiger partial charge in [-0.15, -0.1) is 0 Å². The van der Waals surface area contributed by atoms with Crippen molar-refractivity contribution in [3.8, 4) is 16.9 Å². The lowest BCUT2D eigenvalue weighted by Gasteiger charge is -2.41. The van der Waals surface area contributed by atoms with Gasteiger partial charge in [-0.1, -0.05) is 19.1 Å². The Morgan fingerprint density at radius 1 is 0.973 bits per heavy atom. The van der Waals surface area contributed by atoms with Crippen molar-refractivity contribution >= 4 is 17.6 Å². The molecule has 3 fully saturated rings. The van der Waals surface area contributed by atoms with Crippen LogP contribution in [0.2, 0.25) is 0 Å². The number of carbonyl (C=O) groups excluding carboxylic acids is 1. The highest BCUT2D eigenvalue weighted by Crippen LogP contribution is 2.38. The van der Waals surface area contributed by atoms with Crippen LogP contribution in [0.4, 0.5) is 5.69 Å². The molecule has 1 amide bonds. The second-order valence-corrected chi connectivity index (χ2v) is 10.6. The summed E-state index contributed by atoms with van der Waals surface area (Å²) in [6, 6.07) is 13.1. The maximum absolute atomic E-state index is 11.6. The number of amides is 1. The lowest BCUT2D eigenvalue weighted by molar-refractivity contribution is -0.121. The molecule has 6 rings (SSSR count). The van der Waals surface area contributed by atoms with Gasteiger partial charge in [0.15, 0.2) is 0 Å². The van der Waals surface area contributed by atoms with Crippen LogP contribution in [0.1, 0.15) is 19.8 Å². The van der Waals surface area contributed by atoms with Crippen molar-refractivity contribution in [2.24, 2.45) is 5.92 Å². The predicted octanol–water partition coefficient (Wildman–Crippen LogP) is 3.07. The first-order valence-corrected chi connectivity index (χ1v) is 13.8. The third-order valence-corrected chi connectivity index (χ3v) is 8.37. The fourth-order valence-corrected chi connectivity index (χ4v) is 5.87. The molecule has 2 aliphatic heterocycles. The first-order chi connectivity index (χ1) is 18.2. The normalized spacial score (nSPS) is 21.5. The fraction of sp³-hybridized carbons (Fsp3) is 0.517. The zero-order valence-corrected chi connectivity index (χ0v) is 21.8. The number of carbonyl (C=O) groups is 1. The van der Waals surface area contributed by atoms with Gasteiger partial charge in [0.2, 0.25) is 6.41 Å². The quantitative estimate of drug-likeness (QED) is 0.419. The number of hydrogen-bond acceptors (Lipinski definition) is 6. The number of anilines is 1. The van der Waals surface area contributed by atoms with Crippen molar-refractivity contribution in [1.29, 1.82) is 0 Å². The molecule has 1 atom stereocenters. The van der Waals surface area contributed by atoms with Gasteiger partial charge >= 0.3 is 0 Å². The second-order valence-electron chi connectivity index (χ2n) is 10.6. The highest BCUT2D eigenvalue weighted by molar-refractivity contribution is 5.80. The monoisotopic (exact) mass is 502 g/mol. The molecule has 8 nitrogen and oxygen atoms in total. The summed E-state index contributed by atoms with van der Waals surface area (Å²) in [6.07, 6.45) is 7.49. The average Bonchev–Trinajstić information content (AvgIpc) is 3.71. The smallest absolute Gasteiger partial charge is 0.210 e. The van der Waals surface area contributed by atoms with E-state index in [4.69, 9.17) is 4.74 Å². The lowest BCUT2D eigenvalue weighted by Crippen LogP contribution is -2.53. The predicted molar refractivity (Wildman–Crippen MR) is 146 cm³/mol. The molecule has 0 radical (unpaired) electrons. The largest absolute Gasteiger partial charge is 0.492 e. The van der Waals surface area contributed by atoms with Crippen molar-refractivity contribution in [3.05, 3.63) is 48.8 Å². The molecule has 8 heteroatoms. The van der Waals surface area contributed by atoms with Gasteiger partial charge in [-0.2, -0.15) is 5.10 Å². The minimum absolute atomic E-state index is 0.322. The molecule has 0 spiro atoms. The number of benzene rings is 1. The summed E-state index contributed by atoms with van der Waals surface area (Å²) in [5, 5.41) is 4.58. The van der Waals surface area contributed by atoms with E-state index in [2.05, 4.69) is 69.3 Å². The highest BCUT2D eigenvalue weighted by Gasteiger charge is 2.38. The minimum Gasteiger partial charge on any atom is -0.492 e. The summed E-state index contributed by atoms with van der Waals surface area (Å²) in [6.45, 7) is 12.2. The van der Waals surface area contributed by atoms with E-state index in [9.17, 15) is 4.79 Å². The Hall–Kier alpha value is -3.10. The van der Waals surface area contributed by atoms with Crippen molar-refractivity contribution in [1.82, 2.24) is 24.3 Å². The first-order valence-electron chi connectivity index (χ1n) is 13.8. The number of piperazine rings is 2. The molecule has 1 aromatic carbocycles. The molecule has 4 heterocycles. The number of fused-ring (bicyclic) bond motifs is 1. The van der Waals surface area contributed by atoms with Crippen molar-refractivity contribution in [3.63, 3.8) is 0 Å². The molecule has 3 aromatic rings. The van der Waals surface area contributed by atoms with Crippen LogP contribution >= 0.6 is 0 Å². The molecule has 1 aliphatic carbocycles. The Morgan fingerprint density at radius 2 is 1.76 bits per heavy atom. The summed E-state index contributed by atoms with van der Waals surface area (Å²) in [5.41, 5.74) is 4.60. The molecule has 196 valence electrons. The van der Waals surface area contributed by atoms with Crippen LogP contribution in [0.15, 0.2) is 48.8 Å². The van der Waals surface area contributed by atoms with Crippen LogP contribution in [0.3, 0.4) is 0 Å². The maximum atomic E-state index is 11.6. The summed E-state index contributed by atoms with van der Waals surface area (Å²) >= 11 is 0. The standard InChI is InChI=1S/C29H38N6O2/c1-2-31-11-13-32(14-12-31)17-18-37-26-7-5-23(6-8-26)25-19-28-27(9-10-30-35(28)20-25)33-15-16-34(22-36)29(21-33)24-3-4-24/h5-10,19-20,22,24,29H,2-4,11-18,21H2,1H3. The number of rotatable bonds is 9. The molecule has 2 saturated heterocycles. The van der Waals surface area contributed by atoms with Gasteiger partial charge in [0.1, 0.15) is 12.4 Å². The average molecular weight is 503 g/mol. The van der Waals surface area contributed by atoms with E-state index in [1.807, 2.05) is 15.6 Å². The van der Waals surface area contributed by atoms with Crippen molar-refractivity contribution in [2.45, 2.75) is 25.8 Å². The molecule has 2 aromatic heterocycles. The Labute approximate surface area is 219 Å². The van der Waals surface area contributed by atoms with E-state index in [-0.39, 0.29) is 0 Å². The van der Waals surface area contributed by atoms with Crippen LogP contribution in [-0.2, 0) is 4.79 Å². The van der Waals surface area contributed by atoms with E-state index in [0.29, 0.717) is 18.6 Å². The van der Waals surface area contributed by atoms with Crippen LogP contribution < -0.4 is 9.64 Å².